The number of aliphatic hydroxyl groups is 1. The van der Waals surface area contributed by atoms with Crippen molar-refractivity contribution in [2.75, 3.05) is 19.7 Å². The number of aliphatic imine (C=N–C) groups is 1. The molecule has 114 valence electrons. The Morgan fingerprint density at radius 2 is 2.15 bits per heavy atom. The Morgan fingerprint density at radius 3 is 2.70 bits per heavy atom. The zero-order valence-electron chi connectivity index (χ0n) is 12.9. The van der Waals surface area contributed by atoms with E-state index in [-0.39, 0.29) is 12.5 Å². The summed E-state index contributed by atoms with van der Waals surface area (Å²) in [7, 11) is 0. The Kier molecular flexibility index (Phi) is 7.62. The van der Waals surface area contributed by atoms with E-state index in [1.165, 1.54) is 9.75 Å². The molecule has 2 atom stereocenters. The van der Waals surface area contributed by atoms with Crippen LogP contribution in [0.4, 0.5) is 0 Å². The van der Waals surface area contributed by atoms with Gasteiger partial charge >= 0.3 is 0 Å². The van der Waals surface area contributed by atoms with Crippen LogP contribution in [-0.2, 0) is 6.42 Å². The Bertz CT molecular complexity index is 417. The quantitative estimate of drug-likeness (QED) is 0.534. The monoisotopic (exact) mass is 297 g/mol. The van der Waals surface area contributed by atoms with Crippen molar-refractivity contribution in [3.05, 3.63) is 21.9 Å². The van der Waals surface area contributed by atoms with E-state index in [9.17, 15) is 0 Å². The first-order valence-corrected chi connectivity index (χ1v) is 8.07. The van der Waals surface area contributed by atoms with Gasteiger partial charge in [0.25, 0.3) is 0 Å². The fraction of sp³-hybridized carbons (Fsp3) is 0.667. The molecule has 2 unspecified atom stereocenters. The van der Waals surface area contributed by atoms with E-state index in [4.69, 9.17) is 5.11 Å². The lowest BCUT2D eigenvalue weighted by molar-refractivity contribution is 0.241. The van der Waals surface area contributed by atoms with Gasteiger partial charge < -0.3 is 15.7 Å². The van der Waals surface area contributed by atoms with E-state index in [2.05, 4.69) is 48.5 Å². The average molecular weight is 297 g/mol. The fourth-order valence-electron chi connectivity index (χ4n) is 1.81. The standard InChI is InChI=1S/C15H27N3OS/c1-5-16-15(17-9-11(2)10-19)18-12(3)8-14-7-6-13(4)20-14/h6-7,11-12,19H,5,8-10H2,1-4H3,(H2,16,17,18). The summed E-state index contributed by atoms with van der Waals surface area (Å²) in [5, 5.41) is 15.7. The molecule has 4 nitrogen and oxygen atoms in total. The molecule has 20 heavy (non-hydrogen) atoms. The lowest BCUT2D eigenvalue weighted by Gasteiger charge is -2.17. The number of nitrogens with zero attached hydrogens (tertiary/aromatic N) is 1. The van der Waals surface area contributed by atoms with E-state index < -0.39 is 0 Å². The van der Waals surface area contributed by atoms with E-state index in [0.29, 0.717) is 12.6 Å². The Hall–Kier alpha value is -1.07. The van der Waals surface area contributed by atoms with Crippen molar-refractivity contribution in [1.82, 2.24) is 10.6 Å². The van der Waals surface area contributed by atoms with Crippen molar-refractivity contribution >= 4 is 17.3 Å². The predicted molar refractivity (Wildman–Crippen MR) is 87.6 cm³/mol. The van der Waals surface area contributed by atoms with Crippen molar-refractivity contribution < 1.29 is 5.11 Å². The summed E-state index contributed by atoms with van der Waals surface area (Å²) in [6.45, 7) is 9.99. The summed E-state index contributed by atoms with van der Waals surface area (Å²) in [5.41, 5.74) is 0. The molecule has 0 spiro atoms. The van der Waals surface area contributed by atoms with Crippen molar-refractivity contribution in [3.8, 4) is 0 Å². The summed E-state index contributed by atoms with van der Waals surface area (Å²) in [5.74, 6) is 1.02. The number of aryl methyl sites for hydroxylation is 1. The Balaban J connectivity index is 2.51. The van der Waals surface area contributed by atoms with Crippen molar-refractivity contribution in [2.24, 2.45) is 10.9 Å². The third-order valence-corrected chi connectivity index (χ3v) is 3.93. The average Bonchev–Trinajstić information content (AvgIpc) is 2.81. The maximum atomic E-state index is 9.05. The van der Waals surface area contributed by atoms with Gasteiger partial charge in [-0.1, -0.05) is 6.92 Å². The van der Waals surface area contributed by atoms with E-state index in [1.54, 1.807) is 0 Å². The molecule has 0 bridgehead atoms. The first-order valence-electron chi connectivity index (χ1n) is 7.26. The molecular formula is C15H27N3OS. The topological polar surface area (TPSA) is 56.7 Å². The molecule has 1 aromatic rings. The van der Waals surface area contributed by atoms with Gasteiger partial charge in [0.1, 0.15) is 0 Å². The fourth-order valence-corrected chi connectivity index (χ4v) is 2.82. The minimum atomic E-state index is 0.174. The molecule has 0 aliphatic rings. The third-order valence-electron chi connectivity index (χ3n) is 2.90. The highest BCUT2D eigenvalue weighted by atomic mass is 32.1. The maximum absolute atomic E-state index is 9.05. The van der Waals surface area contributed by atoms with Crippen molar-refractivity contribution in [3.63, 3.8) is 0 Å². The van der Waals surface area contributed by atoms with Gasteiger partial charge in [0, 0.05) is 41.9 Å². The molecular weight excluding hydrogens is 270 g/mol. The Labute approximate surface area is 126 Å². The summed E-state index contributed by atoms with van der Waals surface area (Å²) in [6, 6.07) is 4.68. The number of hydrogen-bond donors (Lipinski definition) is 3. The summed E-state index contributed by atoms with van der Waals surface area (Å²) in [6.07, 6.45) is 0.998. The summed E-state index contributed by atoms with van der Waals surface area (Å²) in [4.78, 5) is 7.25. The number of thiophene rings is 1. The molecule has 1 aromatic heterocycles. The number of rotatable bonds is 7. The molecule has 0 saturated carbocycles. The van der Waals surface area contributed by atoms with Crippen LogP contribution in [0.15, 0.2) is 17.1 Å². The maximum Gasteiger partial charge on any atom is 0.191 e. The lowest BCUT2D eigenvalue weighted by atomic mass is 10.2. The first kappa shape index (κ1) is 17.0. The van der Waals surface area contributed by atoms with Crippen LogP contribution in [0.2, 0.25) is 0 Å². The third kappa shape index (κ3) is 6.39. The predicted octanol–water partition coefficient (Wildman–Crippen LogP) is 2.17. The number of hydrogen-bond acceptors (Lipinski definition) is 3. The van der Waals surface area contributed by atoms with Crippen LogP contribution < -0.4 is 10.6 Å². The molecule has 0 aliphatic carbocycles. The van der Waals surface area contributed by atoms with Crippen molar-refractivity contribution in [2.45, 2.75) is 40.2 Å². The summed E-state index contributed by atoms with van der Waals surface area (Å²) < 4.78 is 0. The molecule has 5 heteroatoms. The minimum absolute atomic E-state index is 0.174. The van der Waals surface area contributed by atoms with Crippen molar-refractivity contribution in [1.29, 1.82) is 0 Å². The second-order valence-electron chi connectivity index (χ2n) is 5.27. The van der Waals surface area contributed by atoms with Crippen LogP contribution in [0.1, 0.15) is 30.5 Å². The largest absolute Gasteiger partial charge is 0.396 e. The van der Waals surface area contributed by atoms with Gasteiger partial charge in [-0.2, -0.15) is 0 Å². The smallest absolute Gasteiger partial charge is 0.191 e. The molecule has 1 heterocycles. The zero-order valence-corrected chi connectivity index (χ0v) is 13.8. The first-order chi connectivity index (χ1) is 9.55. The van der Waals surface area contributed by atoms with Gasteiger partial charge in [-0.05, 0) is 38.8 Å². The van der Waals surface area contributed by atoms with E-state index in [0.717, 1.165) is 18.9 Å². The molecule has 0 amide bonds. The van der Waals surface area contributed by atoms with Crippen LogP contribution in [0.5, 0.6) is 0 Å². The number of guanidine groups is 1. The Morgan fingerprint density at radius 1 is 1.40 bits per heavy atom. The highest BCUT2D eigenvalue weighted by Crippen LogP contribution is 2.16. The molecule has 1 rings (SSSR count). The highest BCUT2D eigenvalue weighted by molar-refractivity contribution is 7.11. The second kappa shape index (κ2) is 8.97. The lowest BCUT2D eigenvalue weighted by Crippen LogP contribution is -2.43. The highest BCUT2D eigenvalue weighted by Gasteiger charge is 2.08. The molecule has 0 radical (unpaired) electrons. The molecule has 0 aliphatic heterocycles. The van der Waals surface area contributed by atoms with Crippen LogP contribution in [0.25, 0.3) is 0 Å². The van der Waals surface area contributed by atoms with Gasteiger partial charge in [-0.15, -0.1) is 11.3 Å². The van der Waals surface area contributed by atoms with Gasteiger partial charge in [0.05, 0.1) is 0 Å². The number of nitrogens with one attached hydrogen (secondary N) is 2. The minimum Gasteiger partial charge on any atom is -0.396 e. The van der Waals surface area contributed by atoms with E-state index >= 15 is 0 Å². The molecule has 0 saturated heterocycles. The zero-order chi connectivity index (χ0) is 15.0. The van der Waals surface area contributed by atoms with Crippen LogP contribution >= 0.6 is 11.3 Å². The number of aliphatic hydroxyl groups excluding tert-OH is 1. The SMILES string of the molecule is CCNC(=NCC(C)CO)NC(C)Cc1ccc(C)s1. The van der Waals surface area contributed by atoms with E-state index in [1.807, 2.05) is 18.3 Å². The normalized spacial score (nSPS) is 14.9. The van der Waals surface area contributed by atoms with Gasteiger partial charge in [0.15, 0.2) is 5.96 Å². The van der Waals surface area contributed by atoms with Crippen LogP contribution in [-0.4, -0.2) is 36.8 Å². The molecule has 0 fully saturated rings. The molecule has 3 N–H and O–H groups in total. The van der Waals surface area contributed by atoms with Crippen LogP contribution in [0.3, 0.4) is 0 Å². The molecule has 0 aromatic carbocycles. The van der Waals surface area contributed by atoms with Crippen LogP contribution in [0, 0.1) is 12.8 Å². The second-order valence-corrected chi connectivity index (χ2v) is 6.64. The van der Waals surface area contributed by atoms with Gasteiger partial charge in [-0.3, -0.25) is 4.99 Å². The van der Waals surface area contributed by atoms with Gasteiger partial charge in [-0.25, -0.2) is 0 Å². The summed E-state index contributed by atoms with van der Waals surface area (Å²) >= 11 is 1.85. The van der Waals surface area contributed by atoms with Gasteiger partial charge in [0.2, 0.25) is 0 Å².